The van der Waals surface area contributed by atoms with Crippen molar-refractivity contribution in [1.29, 1.82) is 0 Å². The van der Waals surface area contributed by atoms with E-state index in [1.807, 2.05) is 24.3 Å². The number of anilines is 1. The number of carbonyl (C=O) groups is 1. The Morgan fingerprint density at radius 1 is 1.06 bits per heavy atom. The number of amides is 1. The molecule has 8 rings (SSSR count). The predicted octanol–water partition coefficient (Wildman–Crippen LogP) is 6.51. The quantitative estimate of drug-likeness (QED) is 0.347. The Morgan fingerprint density at radius 3 is 2.75 bits per heavy atom. The molecule has 2 N–H and O–H groups in total. The fourth-order valence-electron chi connectivity index (χ4n) is 10.5. The van der Waals surface area contributed by atoms with Gasteiger partial charge >= 0.3 is 0 Å². The molecular weight excluding hydrogens is 692 g/mol. The zero-order valence-corrected chi connectivity index (χ0v) is 32.6. The van der Waals surface area contributed by atoms with Crippen molar-refractivity contribution in [3.63, 3.8) is 0 Å². The zero-order valence-electron chi connectivity index (χ0n) is 31.0. The van der Waals surface area contributed by atoms with E-state index in [1.54, 1.807) is 6.92 Å². The van der Waals surface area contributed by atoms with Crippen molar-refractivity contribution in [2.75, 3.05) is 50.8 Å². The number of aryl methyl sites for hydroxylation is 1. The fraction of sp³-hybridized carbons (Fsp3) is 0.643. The van der Waals surface area contributed by atoms with Crippen LogP contribution in [0.4, 0.5) is 5.69 Å². The summed E-state index contributed by atoms with van der Waals surface area (Å²) >= 11 is 6.52. The van der Waals surface area contributed by atoms with Gasteiger partial charge in [0.05, 0.1) is 23.6 Å². The summed E-state index contributed by atoms with van der Waals surface area (Å²) in [4.78, 5) is 21.9. The Hall–Kier alpha value is -2.43. The van der Waals surface area contributed by atoms with E-state index in [4.69, 9.17) is 16.3 Å². The lowest BCUT2D eigenvalue weighted by Gasteiger charge is -2.52. The van der Waals surface area contributed by atoms with Gasteiger partial charge in [-0.25, -0.2) is 4.21 Å². The molecule has 1 amide bonds. The second-order valence-electron chi connectivity index (χ2n) is 17.0. The van der Waals surface area contributed by atoms with Crippen molar-refractivity contribution in [3.8, 4) is 5.75 Å². The number of piperazine rings is 1. The van der Waals surface area contributed by atoms with E-state index in [0.717, 1.165) is 74.9 Å². The summed E-state index contributed by atoms with van der Waals surface area (Å²) < 4.78 is 23.5. The maximum atomic E-state index is 13.9. The van der Waals surface area contributed by atoms with E-state index in [0.29, 0.717) is 42.5 Å². The molecule has 2 aliphatic carbocycles. The smallest absolute Gasteiger partial charge is 0.263 e. The number of carbonyl (C=O) groups excluding carboxylic acids is 1. The molecule has 8 nitrogen and oxygen atoms in total. The van der Waals surface area contributed by atoms with Crippen molar-refractivity contribution in [2.24, 2.45) is 17.8 Å². The van der Waals surface area contributed by atoms with Gasteiger partial charge in [0.2, 0.25) is 0 Å². The van der Waals surface area contributed by atoms with Gasteiger partial charge in [0, 0.05) is 60.8 Å². The van der Waals surface area contributed by atoms with Crippen LogP contribution in [-0.2, 0) is 22.8 Å². The summed E-state index contributed by atoms with van der Waals surface area (Å²) in [5.74, 6) is 1.51. The lowest BCUT2D eigenvalue weighted by Crippen LogP contribution is -2.60. The van der Waals surface area contributed by atoms with Crippen LogP contribution >= 0.6 is 11.6 Å². The van der Waals surface area contributed by atoms with Crippen LogP contribution in [0, 0.1) is 17.8 Å². The second kappa shape index (κ2) is 15.4. The van der Waals surface area contributed by atoms with E-state index < -0.39 is 17.1 Å². The van der Waals surface area contributed by atoms with Crippen molar-refractivity contribution in [1.82, 2.24) is 14.5 Å². The van der Waals surface area contributed by atoms with Gasteiger partial charge in [0.1, 0.15) is 16.7 Å². The third-order valence-electron chi connectivity index (χ3n) is 13.5. The monoisotopic (exact) mass is 748 g/mol. The third-order valence-corrected chi connectivity index (χ3v) is 15.3. The van der Waals surface area contributed by atoms with E-state index >= 15 is 0 Å². The largest absolute Gasteiger partial charge is 0.490 e. The number of hydrogen-bond acceptors (Lipinski definition) is 7. The first-order valence-electron chi connectivity index (χ1n) is 20.0. The van der Waals surface area contributed by atoms with Crippen LogP contribution in [0.3, 0.4) is 0 Å². The number of ether oxygens (including phenoxy) is 1. The van der Waals surface area contributed by atoms with Crippen LogP contribution in [0.2, 0.25) is 5.02 Å². The molecule has 9 atom stereocenters. The van der Waals surface area contributed by atoms with Gasteiger partial charge < -0.3 is 14.7 Å². The van der Waals surface area contributed by atoms with Crippen LogP contribution in [0.15, 0.2) is 48.6 Å². The number of nitrogens with zero attached hydrogens (tertiary/aromatic N) is 3. The summed E-state index contributed by atoms with van der Waals surface area (Å²) in [6.45, 7) is 10.7. The molecule has 0 aromatic heterocycles. The minimum atomic E-state index is -1.67. The minimum absolute atomic E-state index is 0.0216. The average Bonchev–Trinajstić information content (AvgIpc) is 3.27. The van der Waals surface area contributed by atoms with Gasteiger partial charge in [-0.3, -0.25) is 19.3 Å². The minimum Gasteiger partial charge on any atom is -0.490 e. The molecule has 2 aromatic rings. The number of allylic oxidation sites excluding steroid dienone is 1. The van der Waals surface area contributed by atoms with Crippen LogP contribution in [0.25, 0.3) is 0 Å². The molecule has 10 heteroatoms. The average molecular weight is 749 g/mol. The number of nitrogens with one attached hydrogen (secondary N) is 1. The second-order valence-corrected chi connectivity index (χ2v) is 18.8. The standard InChI is InChI=1S/C42H57ClN4O4S/c1-28-7-5-10-37(46-20-19-45-18-4-3-9-34(45)25-46)35-14-11-32(35)24-47-26-42(17-6-8-30-22-33(43)13-15-36(30)42)27-51-39-16-12-31(23-38(39)47)41(49)44-52(50)40(28)21-29(2)48/h5,10,12-13,15-16,22-23,28-29,32,34-35,37,40,48H,3-4,6-9,11,14,17-21,24-27H2,1-2H3,(H,44,49)/b10-5+/t28?,29-,32?,34?,35?,37?,40?,42?,52?/m1/s1. The third kappa shape index (κ3) is 7.34. The predicted molar refractivity (Wildman–Crippen MR) is 210 cm³/mol. The molecule has 1 saturated carbocycles. The van der Waals surface area contributed by atoms with Gasteiger partial charge in [-0.2, -0.15) is 0 Å². The number of aliphatic hydroxyl groups is 1. The van der Waals surface area contributed by atoms with Crippen molar-refractivity contribution < 1.29 is 18.8 Å². The van der Waals surface area contributed by atoms with Crippen LogP contribution < -0.4 is 14.4 Å². The highest BCUT2D eigenvalue weighted by molar-refractivity contribution is 7.84. The van der Waals surface area contributed by atoms with E-state index in [2.05, 4.69) is 50.6 Å². The first kappa shape index (κ1) is 36.5. The Labute approximate surface area is 317 Å². The van der Waals surface area contributed by atoms with Gasteiger partial charge in [0.25, 0.3) is 5.91 Å². The molecule has 52 heavy (non-hydrogen) atoms. The molecule has 2 aromatic carbocycles. The maximum Gasteiger partial charge on any atom is 0.263 e. The van der Waals surface area contributed by atoms with E-state index in [1.165, 1.54) is 49.8 Å². The summed E-state index contributed by atoms with van der Waals surface area (Å²) in [6.07, 6.45) is 14.8. The first-order valence-corrected chi connectivity index (χ1v) is 21.6. The fourth-order valence-corrected chi connectivity index (χ4v) is 12.1. The van der Waals surface area contributed by atoms with Crippen LogP contribution in [-0.4, -0.2) is 94.3 Å². The topological polar surface area (TPSA) is 85.4 Å². The van der Waals surface area contributed by atoms with E-state index in [9.17, 15) is 14.1 Å². The summed E-state index contributed by atoms with van der Waals surface area (Å²) in [5.41, 5.74) is 3.90. The molecule has 3 fully saturated rings. The van der Waals surface area contributed by atoms with Crippen LogP contribution in [0.1, 0.15) is 93.1 Å². The van der Waals surface area contributed by atoms with E-state index in [-0.39, 0.29) is 22.5 Å². The molecule has 4 heterocycles. The zero-order chi connectivity index (χ0) is 36.0. The number of benzene rings is 2. The summed E-state index contributed by atoms with van der Waals surface area (Å²) in [7, 11) is -1.67. The number of aliphatic hydroxyl groups excluding tert-OH is 1. The molecular formula is C42H57ClN4O4S. The highest BCUT2D eigenvalue weighted by Crippen LogP contribution is 2.47. The maximum absolute atomic E-state index is 13.9. The summed E-state index contributed by atoms with van der Waals surface area (Å²) in [6, 6.07) is 13.1. The molecule has 2 bridgehead atoms. The molecule has 4 aliphatic heterocycles. The Bertz CT molecular complexity index is 1690. The molecule has 6 aliphatic rings. The Balaban J connectivity index is 1.17. The number of piperidine rings is 1. The van der Waals surface area contributed by atoms with Gasteiger partial charge in [-0.05, 0) is 130 Å². The molecule has 1 spiro atoms. The van der Waals surface area contributed by atoms with Crippen molar-refractivity contribution in [3.05, 3.63) is 70.3 Å². The lowest BCUT2D eigenvalue weighted by atomic mass is 9.67. The summed E-state index contributed by atoms with van der Waals surface area (Å²) in [5, 5.41) is 10.8. The van der Waals surface area contributed by atoms with Gasteiger partial charge in [-0.15, -0.1) is 0 Å². The number of hydrogen-bond donors (Lipinski definition) is 2. The van der Waals surface area contributed by atoms with Gasteiger partial charge in [-0.1, -0.05) is 43.2 Å². The normalized spacial score (nSPS) is 35.5. The van der Waals surface area contributed by atoms with Crippen molar-refractivity contribution in [2.45, 2.75) is 107 Å². The Kier molecular flexibility index (Phi) is 10.8. The number of halogens is 1. The number of rotatable bonds is 3. The highest BCUT2D eigenvalue weighted by atomic mass is 35.5. The molecule has 8 unspecified atom stereocenters. The van der Waals surface area contributed by atoms with Crippen LogP contribution in [0.5, 0.6) is 5.75 Å². The first-order chi connectivity index (χ1) is 25.2. The Morgan fingerprint density at radius 2 is 1.92 bits per heavy atom. The highest BCUT2D eigenvalue weighted by Gasteiger charge is 2.46. The lowest BCUT2D eigenvalue weighted by molar-refractivity contribution is -0.00159. The van der Waals surface area contributed by atoms with Crippen molar-refractivity contribution >= 4 is 34.2 Å². The molecule has 282 valence electrons. The molecule has 2 saturated heterocycles. The molecule has 0 radical (unpaired) electrons. The number of fused-ring (bicyclic) bond motifs is 5. The van der Waals surface area contributed by atoms with Gasteiger partial charge in [0.15, 0.2) is 0 Å². The SMILES string of the molecule is CC1C/C=C/C(N2CCN3CCCCC3C2)C2CCC2CN2CC3(CCCc4cc(Cl)ccc43)COc3ccc(cc32)C(=O)NS(=O)C1C[C@@H](C)O.